The van der Waals surface area contributed by atoms with Gasteiger partial charge in [0, 0.05) is 43.3 Å². The summed E-state index contributed by atoms with van der Waals surface area (Å²) >= 11 is 0. The van der Waals surface area contributed by atoms with E-state index in [4.69, 9.17) is 4.84 Å². The maximum Gasteiger partial charge on any atom is 0.0837 e. The molecular weight excluding hydrogens is 502 g/mol. The summed E-state index contributed by atoms with van der Waals surface area (Å²) in [7, 11) is 0. The van der Waals surface area contributed by atoms with Crippen LogP contribution in [0, 0.1) is 5.92 Å². The summed E-state index contributed by atoms with van der Waals surface area (Å²) in [5, 5.41) is 2.41. The minimum Gasteiger partial charge on any atom is -0.295 e. The molecule has 0 aromatic carbocycles. The monoisotopic (exact) mass is 559 g/mol. The van der Waals surface area contributed by atoms with E-state index >= 15 is 0 Å². The third kappa shape index (κ3) is 12.4. The van der Waals surface area contributed by atoms with Gasteiger partial charge in [-0.2, -0.15) is 5.06 Å². The first-order valence-electron chi connectivity index (χ1n) is 17.3. The highest BCUT2D eigenvalue weighted by molar-refractivity contribution is 5.08. The molecule has 4 heteroatoms. The molecule has 3 heterocycles. The van der Waals surface area contributed by atoms with Crippen LogP contribution in [0.4, 0.5) is 0 Å². The predicted molar refractivity (Wildman–Crippen MR) is 172 cm³/mol. The van der Waals surface area contributed by atoms with E-state index in [1.54, 1.807) is 0 Å². The predicted octanol–water partition coefficient (Wildman–Crippen LogP) is 9.84. The second-order valence-electron chi connectivity index (χ2n) is 12.6. The van der Waals surface area contributed by atoms with Crippen molar-refractivity contribution >= 4 is 0 Å². The lowest BCUT2D eigenvalue weighted by molar-refractivity contribution is -0.166. The van der Waals surface area contributed by atoms with Crippen LogP contribution in [0.15, 0.2) is 61.2 Å². The van der Waals surface area contributed by atoms with Crippen molar-refractivity contribution in [3.63, 3.8) is 0 Å². The molecule has 0 N–H and O–H groups in total. The molecule has 41 heavy (non-hydrogen) atoms. The zero-order valence-electron chi connectivity index (χ0n) is 25.8. The van der Waals surface area contributed by atoms with Crippen molar-refractivity contribution in [1.29, 1.82) is 0 Å². The number of pyridine rings is 2. The molecule has 1 aliphatic carbocycles. The molecule has 0 unspecified atom stereocenters. The van der Waals surface area contributed by atoms with Gasteiger partial charge in [0.1, 0.15) is 0 Å². The summed E-state index contributed by atoms with van der Waals surface area (Å²) in [4.78, 5) is 15.0. The number of hydroxylamine groups is 2. The molecule has 2 aromatic heterocycles. The number of hydrogen-bond donors (Lipinski definition) is 0. The molecule has 3 atom stereocenters. The maximum absolute atomic E-state index is 6.55. The molecule has 1 saturated carbocycles. The van der Waals surface area contributed by atoms with Gasteiger partial charge in [0.25, 0.3) is 0 Å². The van der Waals surface area contributed by atoms with Crippen molar-refractivity contribution in [2.24, 2.45) is 5.92 Å². The van der Waals surface area contributed by atoms with Crippen LogP contribution in [0.5, 0.6) is 0 Å². The molecule has 4 nitrogen and oxygen atoms in total. The number of hydrogen-bond acceptors (Lipinski definition) is 4. The quantitative estimate of drug-likeness (QED) is 0.106. The molecule has 0 bridgehead atoms. The van der Waals surface area contributed by atoms with E-state index in [0.29, 0.717) is 12.1 Å². The zero-order valence-corrected chi connectivity index (χ0v) is 25.8. The molecular formula is C37H57N3O. The molecule has 0 spiro atoms. The normalized spacial score (nSPS) is 20.7. The Balaban J connectivity index is 0.951. The fourth-order valence-corrected chi connectivity index (χ4v) is 6.95. The van der Waals surface area contributed by atoms with Gasteiger partial charge in [0.15, 0.2) is 0 Å². The maximum atomic E-state index is 6.55. The van der Waals surface area contributed by atoms with Crippen LogP contribution in [0.3, 0.4) is 0 Å². The standard InChI is InChI=1S/C37H57N3O/c1(2-4-6-10-14-21-33-23-19-28-38-31-33)3-5-9-13-17-30-40-36-26-18-25-35(36)37(41-40)27-16-12-8-7-11-15-22-34-24-20-29-39-32-34/h5,9,19-20,23-24,28-29,31-32,35-37H,1-4,6-8,10-18,21-22,25-27,30H2/b9-5-/t35-,36+,37-/m0/s1. The smallest absolute Gasteiger partial charge is 0.0837 e. The van der Waals surface area contributed by atoms with Gasteiger partial charge in [-0.15, -0.1) is 0 Å². The van der Waals surface area contributed by atoms with Crippen LogP contribution in [-0.2, 0) is 17.7 Å². The van der Waals surface area contributed by atoms with Crippen molar-refractivity contribution < 1.29 is 4.84 Å². The van der Waals surface area contributed by atoms with Crippen molar-refractivity contribution in [2.45, 2.75) is 147 Å². The van der Waals surface area contributed by atoms with Crippen molar-refractivity contribution in [3.8, 4) is 0 Å². The summed E-state index contributed by atoms with van der Waals surface area (Å²) in [5.41, 5.74) is 2.75. The topological polar surface area (TPSA) is 38.2 Å². The van der Waals surface area contributed by atoms with E-state index in [9.17, 15) is 0 Å². The number of aryl methyl sites for hydroxylation is 2. The minimum absolute atomic E-state index is 0.485. The Hall–Kier alpha value is -2.04. The van der Waals surface area contributed by atoms with E-state index in [1.165, 1.54) is 146 Å². The molecule has 4 rings (SSSR count). The van der Waals surface area contributed by atoms with Gasteiger partial charge in [0.2, 0.25) is 0 Å². The van der Waals surface area contributed by atoms with Gasteiger partial charge in [-0.1, -0.05) is 88.5 Å². The number of nitrogens with zero attached hydrogens (tertiary/aromatic N) is 3. The molecule has 2 aromatic rings. The first kappa shape index (κ1) is 31.9. The third-order valence-corrected chi connectivity index (χ3v) is 9.30. The lowest BCUT2D eigenvalue weighted by atomic mass is 9.93. The van der Waals surface area contributed by atoms with E-state index < -0.39 is 0 Å². The Labute approximate surface area is 251 Å². The lowest BCUT2D eigenvalue weighted by Gasteiger charge is -2.21. The highest BCUT2D eigenvalue weighted by atomic mass is 16.7. The number of unbranched alkanes of at least 4 members (excludes halogenated alkanes) is 12. The number of aromatic nitrogens is 2. The fourth-order valence-electron chi connectivity index (χ4n) is 6.95. The van der Waals surface area contributed by atoms with Crippen LogP contribution in [0.25, 0.3) is 0 Å². The van der Waals surface area contributed by atoms with E-state index in [-0.39, 0.29) is 0 Å². The molecule has 2 fully saturated rings. The first-order chi connectivity index (χ1) is 20.4. The minimum atomic E-state index is 0.485. The van der Waals surface area contributed by atoms with Gasteiger partial charge in [-0.05, 0) is 93.9 Å². The fraction of sp³-hybridized carbons (Fsp3) is 0.676. The van der Waals surface area contributed by atoms with Gasteiger partial charge < -0.3 is 0 Å². The Morgan fingerprint density at radius 3 is 1.90 bits per heavy atom. The summed E-state index contributed by atoms with van der Waals surface area (Å²) in [6.07, 6.45) is 40.6. The highest BCUT2D eigenvalue weighted by Crippen LogP contribution is 2.41. The van der Waals surface area contributed by atoms with Gasteiger partial charge in [0.05, 0.1) is 6.10 Å². The largest absolute Gasteiger partial charge is 0.295 e. The van der Waals surface area contributed by atoms with Crippen LogP contribution in [-0.4, -0.2) is 33.7 Å². The average Bonchev–Trinajstić information content (AvgIpc) is 3.62. The van der Waals surface area contributed by atoms with Gasteiger partial charge in [-0.25, -0.2) is 0 Å². The third-order valence-electron chi connectivity index (χ3n) is 9.30. The molecule has 1 aliphatic heterocycles. The number of rotatable bonds is 22. The Bertz CT molecular complexity index is 934. The molecule has 1 saturated heterocycles. The van der Waals surface area contributed by atoms with Crippen LogP contribution < -0.4 is 0 Å². The SMILES string of the molecule is C(=C/CCCN1O[C@@H](CCCCCCCCc2cccnc2)[C@H]2CCC[C@H]21)/CCCCCCCCc1cccnc1. The van der Waals surface area contributed by atoms with Crippen LogP contribution >= 0.6 is 0 Å². The lowest BCUT2D eigenvalue weighted by Crippen LogP contribution is -2.29. The van der Waals surface area contributed by atoms with E-state index in [0.717, 1.165) is 12.5 Å². The van der Waals surface area contributed by atoms with E-state index in [1.807, 2.05) is 36.9 Å². The Kier molecular flexibility index (Phi) is 15.5. The molecule has 0 radical (unpaired) electrons. The van der Waals surface area contributed by atoms with E-state index in [2.05, 4.69) is 39.3 Å². The Morgan fingerprint density at radius 2 is 1.27 bits per heavy atom. The van der Waals surface area contributed by atoms with Gasteiger partial charge in [-0.3, -0.25) is 14.8 Å². The second kappa shape index (κ2) is 20.0. The number of allylic oxidation sites excluding steroid dienone is 2. The highest BCUT2D eigenvalue weighted by Gasteiger charge is 2.44. The molecule has 2 aliphatic rings. The Morgan fingerprint density at radius 1 is 0.683 bits per heavy atom. The molecule has 0 amide bonds. The summed E-state index contributed by atoms with van der Waals surface area (Å²) in [5.74, 6) is 0.792. The second-order valence-corrected chi connectivity index (χ2v) is 12.6. The van der Waals surface area contributed by atoms with Crippen molar-refractivity contribution in [3.05, 3.63) is 72.3 Å². The average molecular weight is 560 g/mol. The van der Waals surface area contributed by atoms with Crippen LogP contribution in [0.1, 0.15) is 133 Å². The van der Waals surface area contributed by atoms with Crippen molar-refractivity contribution in [1.82, 2.24) is 15.0 Å². The summed E-state index contributed by atoms with van der Waals surface area (Å²) in [6, 6.07) is 9.17. The number of fused-ring (bicyclic) bond motifs is 1. The first-order valence-corrected chi connectivity index (χ1v) is 17.3. The zero-order chi connectivity index (χ0) is 28.2. The van der Waals surface area contributed by atoms with Crippen molar-refractivity contribution in [2.75, 3.05) is 6.54 Å². The molecule has 226 valence electrons. The van der Waals surface area contributed by atoms with Gasteiger partial charge >= 0.3 is 0 Å². The summed E-state index contributed by atoms with van der Waals surface area (Å²) < 4.78 is 0. The van der Waals surface area contributed by atoms with Crippen LogP contribution in [0.2, 0.25) is 0 Å². The summed E-state index contributed by atoms with van der Waals surface area (Å²) in [6.45, 7) is 1.11.